The van der Waals surface area contributed by atoms with E-state index in [9.17, 15) is 9.59 Å². The van der Waals surface area contributed by atoms with E-state index < -0.39 is 11.6 Å². The number of hydrogen-bond donors (Lipinski definition) is 1. The molecule has 0 fully saturated rings. The topological polar surface area (TPSA) is 66.8 Å². The minimum absolute atomic E-state index is 0.0626. The average Bonchev–Trinajstić information content (AvgIpc) is 2.78. The smallest absolute Gasteiger partial charge is 0.410 e. The molecule has 1 aromatic heterocycles. The number of aromatic carboxylic acids is 1. The molecule has 0 spiro atoms. The van der Waals surface area contributed by atoms with Gasteiger partial charge in [0.2, 0.25) is 0 Å². The second kappa shape index (κ2) is 5.67. The highest BCUT2D eigenvalue weighted by Gasteiger charge is 2.31. The van der Waals surface area contributed by atoms with Crippen LogP contribution in [0, 0.1) is 0 Å². The summed E-state index contributed by atoms with van der Waals surface area (Å²) < 4.78 is 5.38. The van der Waals surface area contributed by atoms with Gasteiger partial charge >= 0.3 is 12.1 Å². The standard InChI is InChI=1S/C15H21NO4S/c1-15(2,3)20-14(19)16(4)9-5-6-10-11(13(17)18)8-21-12(10)7-9/h8-9H,5-7H2,1-4H3,(H,17,18). The first-order valence-corrected chi connectivity index (χ1v) is 7.85. The maximum Gasteiger partial charge on any atom is 0.410 e. The van der Waals surface area contributed by atoms with Crippen molar-refractivity contribution in [2.45, 2.75) is 51.7 Å². The first kappa shape index (κ1) is 15.8. The van der Waals surface area contributed by atoms with E-state index in [4.69, 9.17) is 9.84 Å². The predicted molar refractivity (Wildman–Crippen MR) is 81.1 cm³/mol. The second-order valence-electron chi connectivity index (χ2n) is 6.34. The van der Waals surface area contributed by atoms with Crippen molar-refractivity contribution in [3.05, 3.63) is 21.4 Å². The molecule has 0 saturated heterocycles. The van der Waals surface area contributed by atoms with Crippen LogP contribution in [0.3, 0.4) is 0 Å². The summed E-state index contributed by atoms with van der Waals surface area (Å²) in [7, 11) is 1.75. The van der Waals surface area contributed by atoms with E-state index in [-0.39, 0.29) is 12.1 Å². The Bertz CT molecular complexity index is 559. The summed E-state index contributed by atoms with van der Waals surface area (Å²) >= 11 is 1.47. The van der Waals surface area contributed by atoms with Crippen molar-refractivity contribution in [1.29, 1.82) is 0 Å². The third kappa shape index (κ3) is 3.56. The number of carboxylic acid groups (broad SMARTS) is 1. The summed E-state index contributed by atoms with van der Waals surface area (Å²) in [5.74, 6) is -0.869. The summed E-state index contributed by atoms with van der Waals surface area (Å²) in [5, 5.41) is 10.8. The normalized spacial score (nSPS) is 18.0. The number of carbonyl (C=O) groups excluding carboxylic acids is 1. The lowest BCUT2D eigenvalue weighted by molar-refractivity contribution is 0.0210. The molecule has 1 heterocycles. The van der Waals surface area contributed by atoms with E-state index in [1.54, 1.807) is 17.3 Å². The average molecular weight is 311 g/mol. The minimum atomic E-state index is -0.869. The molecular weight excluding hydrogens is 290 g/mol. The molecule has 116 valence electrons. The van der Waals surface area contributed by atoms with Gasteiger partial charge in [0, 0.05) is 29.8 Å². The Kier molecular flexibility index (Phi) is 4.27. The van der Waals surface area contributed by atoms with E-state index in [2.05, 4.69) is 0 Å². The van der Waals surface area contributed by atoms with E-state index >= 15 is 0 Å². The maximum atomic E-state index is 12.1. The molecule has 5 nitrogen and oxygen atoms in total. The van der Waals surface area contributed by atoms with Crippen LogP contribution in [0.15, 0.2) is 5.38 Å². The number of carboxylic acids is 1. The van der Waals surface area contributed by atoms with Gasteiger partial charge in [0.15, 0.2) is 0 Å². The highest BCUT2D eigenvalue weighted by atomic mass is 32.1. The number of hydrogen-bond acceptors (Lipinski definition) is 4. The molecule has 1 N–H and O–H groups in total. The maximum absolute atomic E-state index is 12.1. The van der Waals surface area contributed by atoms with Crippen LogP contribution >= 0.6 is 11.3 Å². The number of rotatable bonds is 2. The highest BCUT2D eigenvalue weighted by molar-refractivity contribution is 7.10. The number of thiophene rings is 1. The van der Waals surface area contributed by atoms with Gasteiger partial charge in [-0.25, -0.2) is 9.59 Å². The minimum Gasteiger partial charge on any atom is -0.478 e. The van der Waals surface area contributed by atoms with E-state index in [0.717, 1.165) is 16.9 Å². The van der Waals surface area contributed by atoms with Crippen LogP contribution in [-0.4, -0.2) is 40.8 Å². The van der Waals surface area contributed by atoms with Crippen molar-refractivity contribution >= 4 is 23.4 Å². The Hall–Kier alpha value is -1.56. The van der Waals surface area contributed by atoms with Gasteiger partial charge in [-0.15, -0.1) is 11.3 Å². The van der Waals surface area contributed by atoms with Gasteiger partial charge in [-0.2, -0.15) is 0 Å². The molecule has 0 bridgehead atoms. The molecule has 1 amide bonds. The summed E-state index contributed by atoms with van der Waals surface area (Å²) in [5.41, 5.74) is 0.833. The fraction of sp³-hybridized carbons (Fsp3) is 0.600. The van der Waals surface area contributed by atoms with E-state index in [1.807, 2.05) is 20.8 Å². The first-order chi connectivity index (χ1) is 9.69. The molecule has 6 heteroatoms. The summed E-state index contributed by atoms with van der Waals surface area (Å²) in [6, 6.07) is 0.0626. The molecule has 21 heavy (non-hydrogen) atoms. The van der Waals surface area contributed by atoms with Gasteiger partial charge in [-0.05, 0) is 39.2 Å². The van der Waals surface area contributed by atoms with Crippen molar-refractivity contribution < 1.29 is 19.4 Å². The van der Waals surface area contributed by atoms with Crippen LogP contribution in [0.25, 0.3) is 0 Å². The molecule has 1 aromatic rings. The lowest BCUT2D eigenvalue weighted by Gasteiger charge is -2.33. The van der Waals surface area contributed by atoms with Crippen LogP contribution in [0.2, 0.25) is 0 Å². The molecule has 1 aliphatic rings. The van der Waals surface area contributed by atoms with Crippen LogP contribution < -0.4 is 0 Å². The predicted octanol–water partition coefficient (Wildman–Crippen LogP) is 3.17. The number of amides is 1. The van der Waals surface area contributed by atoms with E-state index in [1.165, 1.54) is 11.3 Å². The van der Waals surface area contributed by atoms with Gasteiger partial charge in [0.25, 0.3) is 0 Å². The monoisotopic (exact) mass is 311 g/mol. The third-order valence-corrected chi connectivity index (χ3v) is 4.64. The SMILES string of the molecule is CN(C(=O)OC(C)(C)C)C1CCc2c(C(=O)O)csc2C1. The third-order valence-electron chi connectivity index (χ3n) is 3.59. The van der Waals surface area contributed by atoms with Gasteiger partial charge < -0.3 is 14.7 Å². The summed E-state index contributed by atoms with van der Waals surface area (Å²) in [4.78, 5) is 25.9. The molecule has 0 saturated carbocycles. The van der Waals surface area contributed by atoms with Gasteiger partial charge in [-0.3, -0.25) is 0 Å². The fourth-order valence-electron chi connectivity index (χ4n) is 2.49. The summed E-state index contributed by atoms with van der Waals surface area (Å²) in [6.45, 7) is 5.53. The van der Waals surface area contributed by atoms with Crippen molar-refractivity contribution in [3.63, 3.8) is 0 Å². The number of carbonyl (C=O) groups is 2. The van der Waals surface area contributed by atoms with Gasteiger partial charge in [-0.1, -0.05) is 0 Å². The Labute approximate surface area is 128 Å². The van der Waals surface area contributed by atoms with Crippen LogP contribution in [0.4, 0.5) is 4.79 Å². The molecule has 1 unspecified atom stereocenters. The zero-order valence-corrected chi connectivity index (χ0v) is 13.6. The van der Waals surface area contributed by atoms with Gasteiger partial charge in [0.1, 0.15) is 5.60 Å². The second-order valence-corrected chi connectivity index (χ2v) is 7.31. The van der Waals surface area contributed by atoms with Crippen LogP contribution in [0.1, 0.15) is 48.0 Å². The Morgan fingerprint density at radius 1 is 1.43 bits per heavy atom. The lowest BCUT2D eigenvalue weighted by atomic mass is 9.91. The van der Waals surface area contributed by atoms with Crippen molar-refractivity contribution in [1.82, 2.24) is 4.90 Å². The Morgan fingerprint density at radius 3 is 2.67 bits per heavy atom. The first-order valence-electron chi connectivity index (χ1n) is 6.97. The van der Waals surface area contributed by atoms with Crippen molar-refractivity contribution in [2.24, 2.45) is 0 Å². The molecule has 0 aromatic carbocycles. The zero-order valence-electron chi connectivity index (χ0n) is 12.8. The number of likely N-dealkylation sites (N-methyl/N-ethyl adjacent to an activating group) is 1. The highest BCUT2D eigenvalue weighted by Crippen LogP contribution is 2.32. The zero-order chi connectivity index (χ0) is 15.8. The number of ether oxygens (including phenoxy) is 1. The molecular formula is C15H21NO4S. The quantitative estimate of drug-likeness (QED) is 0.911. The van der Waals surface area contributed by atoms with Crippen LogP contribution in [0.5, 0.6) is 0 Å². The van der Waals surface area contributed by atoms with Crippen molar-refractivity contribution in [2.75, 3.05) is 7.05 Å². The molecule has 0 aliphatic heterocycles. The molecule has 0 radical (unpaired) electrons. The number of nitrogens with zero attached hydrogens (tertiary/aromatic N) is 1. The Balaban J connectivity index is 2.08. The fourth-order valence-corrected chi connectivity index (χ4v) is 3.63. The lowest BCUT2D eigenvalue weighted by Crippen LogP contribution is -2.43. The van der Waals surface area contributed by atoms with Crippen LogP contribution in [-0.2, 0) is 17.6 Å². The summed E-state index contributed by atoms with van der Waals surface area (Å²) in [6.07, 6.45) is 1.83. The Morgan fingerprint density at radius 2 is 2.10 bits per heavy atom. The van der Waals surface area contributed by atoms with E-state index in [0.29, 0.717) is 18.4 Å². The molecule has 1 aliphatic carbocycles. The largest absolute Gasteiger partial charge is 0.478 e. The molecule has 1 atom stereocenters. The van der Waals surface area contributed by atoms with Gasteiger partial charge in [0.05, 0.1) is 5.56 Å². The van der Waals surface area contributed by atoms with Crippen molar-refractivity contribution in [3.8, 4) is 0 Å². The molecule has 2 rings (SSSR count). The number of fused-ring (bicyclic) bond motifs is 1.